The Labute approximate surface area is 113 Å². The predicted octanol–water partition coefficient (Wildman–Crippen LogP) is 2.35. The normalized spacial score (nSPS) is 14.4. The molecule has 0 atom stereocenters. The van der Waals surface area contributed by atoms with Crippen molar-refractivity contribution in [2.24, 2.45) is 0 Å². The molecule has 1 aromatic rings. The Bertz CT molecular complexity index is 460. The van der Waals surface area contributed by atoms with Gasteiger partial charge in [0.05, 0.1) is 12.8 Å². The van der Waals surface area contributed by atoms with Gasteiger partial charge in [0, 0.05) is 12.1 Å². The third kappa shape index (κ3) is 3.22. The van der Waals surface area contributed by atoms with Crippen LogP contribution in [0.3, 0.4) is 0 Å². The summed E-state index contributed by atoms with van der Waals surface area (Å²) in [7, 11) is 1.36. The van der Waals surface area contributed by atoms with E-state index in [0.717, 1.165) is 50.2 Å². The number of ether oxygens (including phenoxy) is 1. The molecule has 1 aromatic heterocycles. The number of carbonyl (C=O) groups is 1. The van der Waals surface area contributed by atoms with Gasteiger partial charge in [-0.05, 0) is 32.1 Å². The van der Waals surface area contributed by atoms with Crippen LogP contribution in [0.15, 0.2) is 0 Å². The number of aromatic nitrogens is 2. The molecular formula is C14H21N3O2. The molecule has 0 amide bonds. The number of carbonyl (C=O) groups excluding carboxylic acids is 1. The highest BCUT2D eigenvalue weighted by atomic mass is 16.5. The lowest BCUT2D eigenvalue weighted by Crippen LogP contribution is -2.15. The van der Waals surface area contributed by atoms with E-state index in [0.29, 0.717) is 0 Å². The van der Waals surface area contributed by atoms with Gasteiger partial charge in [-0.15, -0.1) is 0 Å². The van der Waals surface area contributed by atoms with Gasteiger partial charge in [0.1, 0.15) is 5.82 Å². The Morgan fingerprint density at radius 2 is 2.05 bits per heavy atom. The number of hydrogen-bond acceptors (Lipinski definition) is 5. The van der Waals surface area contributed by atoms with E-state index in [4.69, 9.17) is 4.74 Å². The molecule has 0 aromatic carbocycles. The molecule has 0 spiro atoms. The van der Waals surface area contributed by atoms with Crippen molar-refractivity contribution < 1.29 is 9.53 Å². The van der Waals surface area contributed by atoms with Crippen LogP contribution in [0, 0.1) is 0 Å². The summed E-state index contributed by atoms with van der Waals surface area (Å²) in [5.41, 5.74) is 2.19. The van der Waals surface area contributed by atoms with Crippen molar-refractivity contribution in [3.63, 3.8) is 0 Å². The van der Waals surface area contributed by atoms with Crippen LogP contribution >= 0.6 is 0 Å². The van der Waals surface area contributed by atoms with E-state index in [1.54, 1.807) is 0 Å². The molecule has 104 valence electrons. The quantitative estimate of drug-likeness (QED) is 0.667. The number of fused-ring (bicyclic) bond motifs is 1. The van der Waals surface area contributed by atoms with Crippen molar-refractivity contribution in [3.8, 4) is 0 Å². The van der Waals surface area contributed by atoms with Crippen LogP contribution in [0.1, 0.15) is 54.5 Å². The summed E-state index contributed by atoms with van der Waals surface area (Å²) in [6.45, 7) is 2.96. The number of methoxy groups -OCH3 is 1. The highest BCUT2D eigenvalue weighted by Crippen LogP contribution is 2.25. The van der Waals surface area contributed by atoms with Gasteiger partial charge in [-0.3, -0.25) is 0 Å². The molecule has 0 radical (unpaired) electrons. The molecule has 0 unspecified atom stereocenters. The minimum atomic E-state index is -0.466. The van der Waals surface area contributed by atoms with Gasteiger partial charge in [0.25, 0.3) is 0 Å². The van der Waals surface area contributed by atoms with Gasteiger partial charge in [-0.2, -0.15) is 0 Å². The smallest absolute Gasteiger partial charge is 0.376 e. The lowest BCUT2D eigenvalue weighted by atomic mass is 10.1. The van der Waals surface area contributed by atoms with Crippen LogP contribution in [0.2, 0.25) is 0 Å². The van der Waals surface area contributed by atoms with E-state index < -0.39 is 5.97 Å². The summed E-state index contributed by atoms with van der Waals surface area (Å²) in [5.74, 6) is 0.516. The van der Waals surface area contributed by atoms with Crippen LogP contribution in [0.5, 0.6) is 0 Å². The van der Waals surface area contributed by atoms with Crippen molar-refractivity contribution in [2.75, 3.05) is 19.0 Å². The van der Waals surface area contributed by atoms with Crippen molar-refractivity contribution in [1.82, 2.24) is 9.97 Å². The number of nitrogens with one attached hydrogen (secondary N) is 1. The van der Waals surface area contributed by atoms with Crippen molar-refractivity contribution in [2.45, 2.75) is 45.4 Å². The monoisotopic (exact) mass is 263 g/mol. The largest absolute Gasteiger partial charge is 0.463 e. The fourth-order valence-corrected chi connectivity index (χ4v) is 2.34. The summed E-state index contributed by atoms with van der Waals surface area (Å²) in [4.78, 5) is 20.4. The van der Waals surface area contributed by atoms with E-state index >= 15 is 0 Å². The van der Waals surface area contributed by atoms with Gasteiger partial charge < -0.3 is 10.1 Å². The summed E-state index contributed by atoms with van der Waals surface area (Å²) < 4.78 is 4.73. The maximum Gasteiger partial charge on any atom is 0.376 e. The van der Waals surface area contributed by atoms with E-state index in [9.17, 15) is 4.79 Å². The number of nitrogens with zero attached hydrogens (tertiary/aromatic N) is 2. The minimum Gasteiger partial charge on any atom is -0.463 e. The summed E-state index contributed by atoms with van der Waals surface area (Å²) in [6, 6.07) is 0. The molecular weight excluding hydrogens is 242 g/mol. The molecule has 0 fully saturated rings. The molecule has 19 heavy (non-hydrogen) atoms. The summed E-state index contributed by atoms with van der Waals surface area (Å²) in [6.07, 6.45) is 6.42. The first-order chi connectivity index (χ1) is 9.26. The van der Waals surface area contributed by atoms with E-state index in [1.165, 1.54) is 19.1 Å². The summed E-state index contributed by atoms with van der Waals surface area (Å²) >= 11 is 0. The first kappa shape index (κ1) is 13.8. The Morgan fingerprint density at radius 3 is 2.79 bits per heavy atom. The molecule has 1 aliphatic carbocycles. The molecule has 0 aliphatic heterocycles. The zero-order chi connectivity index (χ0) is 13.7. The molecule has 0 saturated carbocycles. The van der Waals surface area contributed by atoms with Gasteiger partial charge in [-0.25, -0.2) is 14.8 Å². The highest BCUT2D eigenvalue weighted by molar-refractivity contribution is 5.85. The van der Waals surface area contributed by atoms with Crippen LogP contribution in [-0.4, -0.2) is 29.6 Å². The fourth-order valence-electron chi connectivity index (χ4n) is 2.34. The summed E-state index contributed by atoms with van der Waals surface area (Å²) in [5, 5.41) is 3.31. The molecule has 0 saturated heterocycles. The number of esters is 1. The Hall–Kier alpha value is -1.65. The molecule has 0 bridgehead atoms. The maximum atomic E-state index is 11.6. The average molecular weight is 263 g/mol. The van der Waals surface area contributed by atoms with Crippen LogP contribution in [0.4, 0.5) is 5.82 Å². The molecule has 5 heteroatoms. The third-order valence-electron chi connectivity index (χ3n) is 3.34. The predicted molar refractivity (Wildman–Crippen MR) is 73.4 cm³/mol. The van der Waals surface area contributed by atoms with Gasteiger partial charge in [0.2, 0.25) is 5.82 Å². The number of anilines is 1. The second kappa shape index (κ2) is 6.50. The zero-order valence-corrected chi connectivity index (χ0v) is 11.7. The minimum absolute atomic E-state index is 0.168. The third-order valence-corrected chi connectivity index (χ3v) is 3.34. The number of aryl methyl sites for hydroxylation is 1. The first-order valence-electron chi connectivity index (χ1n) is 6.98. The van der Waals surface area contributed by atoms with Crippen LogP contribution < -0.4 is 5.32 Å². The zero-order valence-electron chi connectivity index (χ0n) is 11.7. The average Bonchev–Trinajstić information content (AvgIpc) is 2.68. The SMILES string of the molecule is CCCNc1nc(C(=O)OC)nc2c1CCCCC2. The van der Waals surface area contributed by atoms with Crippen molar-refractivity contribution in [3.05, 3.63) is 17.1 Å². The maximum absolute atomic E-state index is 11.6. The number of rotatable bonds is 4. The molecule has 1 N–H and O–H groups in total. The molecule has 1 heterocycles. The molecule has 5 nitrogen and oxygen atoms in total. The van der Waals surface area contributed by atoms with Crippen LogP contribution in [-0.2, 0) is 17.6 Å². The second-order valence-electron chi connectivity index (χ2n) is 4.80. The number of hydrogen-bond donors (Lipinski definition) is 1. The van der Waals surface area contributed by atoms with E-state index in [2.05, 4.69) is 22.2 Å². The van der Waals surface area contributed by atoms with Crippen molar-refractivity contribution >= 4 is 11.8 Å². The second-order valence-corrected chi connectivity index (χ2v) is 4.80. The Balaban J connectivity index is 2.39. The fraction of sp³-hybridized carbons (Fsp3) is 0.643. The van der Waals surface area contributed by atoms with Gasteiger partial charge in [0.15, 0.2) is 0 Å². The van der Waals surface area contributed by atoms with E-state index in [1.807, 2.05) is 0 Å². The Morgan fingerprint density at radius 1 is 1.26 bits per heavy atom. The first-order valence-corrected chi connectivity index (χ1v) is 6.98. The van der Waals surface area contributed by atoms with Crippen LogP contribution in [0.25, 0.3) is 0 Å². The standard InChI is InChI=1S/C14H21N3O2/c1-3-9-15-12-10-7-5-4-6-8-11(10)16-13(17-12)14(18)19-2/h3-9H2,1-2H3,(H,15,16,17). The lowest BCUT2D eigenvalue weighted by Gasteiger charge is -2.13. The lowest BCUT2D eigenvalue weighted by molar-refractivity contribution is 0.0586. The van der Waals surface area contributed by atoms with Crippen molar-refractivity contribution in [1.29, 1.82) is 0 Å². The van der Waals surface area contributed by atoms with E-state index in [-0.39, 0.29) is 5.82 Å². The molecule has 2 rings (SSSR count). The van der Waals surface area contributed by atoms with Gasteiger partial charge in [-0.1, -0.05) is 13.3 Å². The molecule has 1 aliphatic rings. The topological polar surface area (TPSA) is 64.1 Å². The van der Waals surface area contributed by atoms with Gasteiger partial charge >= 0.3 is 5.97 Å². The Kier molecular flexibility index (Phi) is 4.71. The highest BCUT2D eigenvalue weighted by Gasteiger charge is 2.19.